The summed E-state index contributed by atoms with van der Waals surface area (Å²) < 4.78 is 0. The Bertz CT molecular complexity index is 467. The van der Waals surface area contributed by atoms with E-state index in [0.29, 0.717) is 18.5 Å². The molecule has 0 aromatic carbocycles. The van der Waals surface area contributed by atoms with Crippen LogP contribution in [0.3, 0.4) is 0 Å². The minimum absolute atomic E-state index is 0.0371. The first kappa shape index (κ1) is 19.2. The molecule has 0 aromatic rings. The molecule has 0 N–H and O–H groups in total. The smallest absolute Gasteiger partial charge is 0.309 e. The van der Waals surface area contributed by atoms with Gasteiger partial charge in [-0.25, -0.2) is 4.79 Å². The van der Waals surface area contributed by atoms with Gasteiger partial charge >= 0.3 is 6.03 Å². The number of rotatable bonds is 6. The second-order valence-electron chi connectivity index (χ2n) is 8.21. The van der Waals surface area contributed by atoms with Gasteiger partial charge in [0.1, 0.15) is 5.54 Å². The monoisotopic (exact) mass is 337 g/mol. The number of carbonyl (C=O) groups excluding carboxylic acids is 2. The summed E-state index contributed by atoms with van der Waals surface area (Å²) in [6, 6.07) is 0.394. The average molecular weight is 338 g/mol. The lowest BCUT2D eigenvalue weighted by Gasteiger charge is -2.44. The quantitative estimate of drug-likeness (QED) is 0.698. The molecule has 2 rings (SSSR count). The highest BCUT2D eigenvalue weighted by Gasteiger charge is 2.58. The maximum Gasteiger partial charge on any atom is 0.327 e. The fourth-order valence-corrected chi connectivity index (χ4v) is 3.97. The molecule has 2 saturated heterocycles. The third kappa shape index (κ3) is 3.32. The molecule has 1 spiro atoms. The molecule has 1 unspecified atom stereocenters. The number of urea groups is 1. The van der Waals surface area contributed by atoms with Crippen molar-refractivity contribution in [2.75, 3.05) is 19.6 Å². The van der Waals surface area contributed by atoms with Crippen molar-refractivity contribution in [1.82, 2.24) is 14.7 Å². The molecular formula is C19H35N3O2. The van der Waals surface area contributed by atoms with E-state index >= 15 is 0 Å². The topological polar surface area (TPSA) is 43.9 Å². The molecule has 24 heavy (non-hydrogen) atoms. The molecule has 2 heterocycles. The normalized spacial score (nSPS) is 23.2. The first-order chi connectivity index (χ1) is 11.2. The van der Waals surface area contributed by atoms with Crippen molar-refractivity contribution < 1.29 is 9.59 Å². The van der Waals surface area contributed by atoms with Crippen molar-refractivity contribution in [3.8, 4) is 0 Å². The summed E-state index contributed by atoms with van der Waals surface area (Å²) in [4.78, 5) is 32.0. The highest BCUT2D eigenvalue weighted by molar-refractivity contribution is 6.07. The van der Waals surface area contributed by atoms with Gasteiger partial charge in [-0.1, -0.05) is 20.8 Å². The molecule has 0 bridgehead atoms. The van der Waals surface area contributed by atoms with E-state index in [1.807, 2.05) is 18.7 Å². The van der Waals surface area contributed by atoms with Crippen LogP contribution in [0.25, 0.3) is 0 Å². The predicted octanol–water partition coefficient (Wildman–Crippen LogP) is 3.34. The van der Waals surface area contributed by atoms with Crippen molar-refractivity contribution >= 4 is 11.9 Å². The summed E-state index contributed by atoms with van der Waals surface area (Å²) in [5.74, 6) is 0.563. The zero-order valence-electron chi connectivity index (χ0n) is 16.3. The van der Waals surface area contributed by atoms with Crippen LogP contribution in [0.5, 0.6) is 0 Å². The summed E-state index contributed by atoms with van der Waals surface area (Å²) in [5.41, 5.74) is -0.597. The Hall–Kier alpha value is -1.10. The standard InChI is InChI=1S/C19H35N3O2/c1-7-16(6)20-12-9-19(10-13-20)17(23)22(15(4)5)18(24)21(19)11-8-14(2)3/h14-16H,7-13H2,1-6H3. The molecule has 3 amide bonds. The van der Waals surface area contributed by atoms with Crippen molar-refractivity contribution in [1.29, 1.82) is 0 Å². The number of nitrogens with zero attached hydrogens (tertiary/aromatic N) is 3. The molecule has 1 atom stereocenters. The molecule has 2 aliphatic rings. The van der Waals surface area contributed by atoms with Gasteiger partial charge in [0.25, 0.3) is 5.91 Å². The Morgan fingerprint density at radius 3 is 2.08 bits per heavy atom. The van der Waals surface area contributed by atoms with Gasteiger partial charge < -0.3 is 9.80 Å². The molecule has 2 fully saturated rings. The Morgan fingerprint density at radius 1 is 1.04 bits per heavy atom. The number of imide groups is 1. The maximum absolute atomic E-state index is 13.2. The van der Waals surface area contributed by atoms with Crippen molar-refractivity contribution in [2.45, 2.75) is 84.8 Å². The number of carbonyl (C=O) groups is 2. The first-order valence-corrected chi connectivity index (χ1v) is 9.64. The molecule has 5 heteroatoms. The van der Waals surface area contributed by atoms with Crippen LogP contribution in [0.15, 0.2) is 0 Å². The van der Waals surface area contributed by atoms with Gasteiger partial charge in [-0.05, 0) is 52.4 Å². The molecule has 2 aliphatic heterocycles. The Balaban J connectivity index is 2.23. The molecule has 0 aliphatic carbocycles. The van der Waals surface area contributed by atoms with Crippen molar-refractivity contribution in [3.63, 3.8) is 0 Å². The van der Waals surface area contributed by atoms with Gasteiger partial charge in [0.05, 0.1) is 0 Å². The summed E-state index contributed by atoms with van der Waals surface area (Å²) >= 11 is 0. The molecule has 5 nitrogen and oxygen atoms in total. The minimum Gasteiger partial charge on any atom is -0.309 e. The van der Waals surface area contributed by atoms with E-state index < -0.39 is 5.54 Å². The van der Waals surface area contributed by atoms with E-state index in [1.165, 1.54) is 4.90 Å². The van der Waals surface area contributed by atoms with Crippen LogP contribution in [-0.4, -0.2) is 63.9 Å². The maximum atomic E-state index is 13.2. The molecule has 138 valence electrons. The molecule has 0 aromatic heterocycles. The molecule has 0 saturated carbocycles. The van der Waals surface area contributed by atoms with Crippen LogP contribution in [0.4, 0.5) is 4.79 Å². The number of hydrogen-bond acceptors (Lipinski definition) is 3. The number of amides is 3. The zero-order valence-corrected chi connectivity index (χ0v) is 16.3. The van der Waals surface area contributed by atoms with E-state index in [-0.39, 0.29) is 18.0 Å². The van der Waals surface area contributed by atoms with Crippen LogP contribution >= 0.6 is 0 Å². The Kier molecular flexibility index (Phi) is 5.95. The van der Waals surface area contributed by atoms with Crippen LogP contribution < -0.4 is 0 Å². The lowest BCUT2D eigenvalue weighted by atomic mass is 9.84. The van der Waals surface area contributed by atoms with Gasteiger partial charge in [-0.2, -0.15) is 0 Å². The van der Waals surface area contributed by atoms with E-state index in [4.69, 9.17) is 0 Å². The second kappa shape index (κ2) is 7.42. The van der Waals surface area contributed by atoms with Gasteiger partial charge in [0.15, 0.2) is 0 Å². The number of likely N-dealkylation sites (tertiary alicyclic amines) is 1. The van der Waals surface area contributed by atoms with Gasteiger partial charge in [-0.15, -0.1) is 0 Å². The third-order valence-corrected chi connectivity index (χ3v) is 5.86. The summed E-state index contributed by atoms with van der Waals surface area (Å²) in [6.07, 6.45) is 3.60. The van der Waals surface area contributed by atoms with Crippen LogP contribution in [0, 0.1) is 5.92 Å². The van der Waals surface area contributed by atoms with E-state index in [0.717, 1.165) is 38.8 Å². The van der Waals surface area contributed by atoms with E-state index in [2.05, 4.69) is 32.6 Å². The fraction of sp³-hybridized carbons (Fsp3) is 0.895. The Morgan fingerprint density at radius 2 is 1.62 bits per heavy atom. The molecular weight excluding hydrogens is 302 g/mol. The average Bonchev–Trinajstić information content (AvgIpc) is 2.73. The number of piperidine rings is 1. The lowest BCUT2D eigenvalue weighted by Crippen LogP contribution is -2.58. The highest BCUT2D eigenvalue weighted by Crippen LogP contribution is 2.39. The zero-order chi connectivity index (χ0) is 18.1. The fourth-order valence-electron chi connectivity index (χ4n) is 3.97. The van der Waals surface area contributed by atoms with E-state index in [1.54, 1.807) is 0 Å². The minimum atomic E-state index is -0.597. The van der Waals surface area contributed by atoms with E-state index in [9.17, 15) is 9.59 Å². The predicted molar refractivity (Wildman–Crippen MR) is 96.8 cm³/mol. The SMILES string of the molecule is CCC(C)N1CCC2(CC1)C(=O)N(C(C)C)C(=O)N2CCC(C)C. The second-order valence-corrected chi connectivity index (χ2v) is 8.21. The third-order valence-electron chi connectivity index (χ3n) is 5.86. The van der Waals surface area contributed by atoms with Gasteiger partial charge in [0, 0.05) is 31.7 Å². The van der Waals surface area contributed by atoms with Gasteiger partial charge in [0.2, 0.25) is 0 Å². The Labute approximate surface area is 147 Å². The van der Waals surface area contributed by atoms with Crippen molar-refractivity contribution in [2.24, 2.45) is 5.92 Å². The highest BCUT2D eigenvalue weighted by atomic mass is 16.2. The van der Waals surface area contributed by atoms with Crippen molar-refractivity contribution in [3.05, 3.63) is 0 Å². The van der Waals surface area contributed by atoms with Crippen LogP contribution in [-0.2, 0) is 4.79 Å². The number of hydrogen-bond donors (Lipinski definition) is 0. The summed E-state index contributed by atoms with van der Waals surface area (Å²) in [5, 5.41) is 0. The van der Waals surface area contributed by atoms with Crippen LogP contribution in [0.1, 0.15) is 67.2 Å². The first-order valence-electron chi connectivity index (χ1n) is 9.64. The summed E-state index contributed by atoms with van der Waals surface area (Å²) in [6.45, 7) is 15.1. The lowest BCUT2D eigenvalue weighted by molar-refractivity contribution is -0.137. The largest absolute Gasteiger partial charge is 0.327 e. The summed E-state index contributed by atoms with van der Waals surface area (Å²) in [7, 11) is 0. The van der Waals surface area contributed by atoms with Gasteiger partial charge in [-0.3, -0.25) is 9.69 Å². The molecule has 0 radical (unpaired) electrons. The van der Waals surface area contributed by atoms with Crippen LogP contribution in [0.2, 0.25) is 0 Å².